The van der Waals surface area contributed by atoms with Crippen LogP contribution in [0.2, 0.25) is 0 Å². The van der Waals surface area contributed by atoms with Crippen molar-refractivity contribution in [3.8, 4) is 5.75 Å². The van der Waals surface area contributed by atoms with Crippen molar-refractivity contribution < 1.29 is 14.3 Å². The molecule has 2 saturated heterocycles. The third kappa shape index (κ3) is 3.37. The van der Waals surface area contributed by atoms with E-state index in [1.807, 2.05) is 40.1 Å². The van der Waals surface area contributed by atoms with Gasteiger partial charge in [-0.15, -0.1) is 0 Å². The van der Waals surface area contributed by atoms with E-state index in [1.165, 1.54) is 0 Å². The maximum Gasteiger partial charge on any atom is 0.245 e. The Hall–Kier alpha value is -2.04. The van der Waals surface area contributed by atoms with E-state index in [2.05, 4.69) is 0 Å². The molecule has 3 fully saturated rings. The monoisotopic (exact) mass is 342 g/mol. The second kappa shape index (κ2) is 7.06. The van der Waals surface area contributed by atoms with Crippen molar-refractivity contribution in [3.63, 3.8) is 0 Å². The molecule has 0 bridgehead atoms. The lowest BCUT2D eigenvalue weighted by molar-refractivity contribution is -0.147. The molecule has 1 aliphatic carbocycles. The first-order valence-corrected chi connectivity index (χ1v) is 9.53. The summed E-state index contributed by atoms with van der Waals surface area (Å²) in [6.45, 7) is 2.17. The topological polar surface area (TPSA) is 49.9 Å². The average molecular weight is 342 g/mol. The minimum atomic E-state index is -0.347. The van der Waals surface area contributed by atoms with Crippen molar-refractivity contribution in [1.29, 1.82) is 0 Å². The Bertz CT molecular complexity index is 623. The molecule has 0 unspecified atom stereocenters. The molecule has 2 amide bonds. The highest BCUT2D eigenvalue weighted by Crippen LogP contribution is 2.33. The van der Waals surface area contributed by atoms with Gasteiger partial charge in [0.2, 0.25) is 11.8 Å². The van der Waals surface area contributed by atoms with E-state index in [0.29, 0.717) is 13.0 Å². The molecule has 0 aromatic heterocycles. The number of hydrogen-bond donors (Lipinski definition) is 0. The van der Waals surface area contributed by atoms with E-state index in [9.17, 15) is 9.59 Å². The zero-order chi connectivity index (χ0) is 17.2. The van der Waals surface area contributed by atoms with Gasteiger partial charge in [0.1, 0.15) is 17.9 Å². The zero-order valence-electron chi connectivity index (χ0n) is 14.6. The summed E-state index contributed by atoms with van der Waals surface area (Å²) < 4.78 is 6.07. The molecule has 0 spiro atoms. The Balaban J connectivity index is 1.49. The molecular weight excluding hydrogens is 316 g/mol. The van der Waals surface area contributed by atoms with Crippen LogP contribution in [0.1, 0.15) is 38.5 Å². The van der Waals surface area contributed by atoms with Crippen molar-refractivity contribution >= 4 is 11.8 Å². The highest BCUT2D eigenvalue weighted by molar-refractivity contribution is 5.89. The van der Waals surface area contributed by atoms with E-state index in [0.717, 1.165) is 50.9 Å². The summed E-state index contributed by atoms with van der Waals surface area (Å²) in [5.41, 5.74) is 0. The molecule has 5 heteroatoms. The van der Waals surface area contributed by atoms with Gasteiger partial charge < -0.3 is 14.5 Å². The molecule has 0 radical (unpaired) electrons. The number of rotatable bonds is 4. The van der Waals surface area contributed by atoms with Crippen molar-refractivity contribution in [1.82, 2.24) is 9.80 Å². The fourth-order valence-corrected chi connectivity index (χ4v) is 4.09. The maximum absolute atomic E-state index is 13.0. The molecule has 25 heavy (non-hydrogen) atoms. The summed E-state index contributed by atoms with van der Waals surface area (Å²) in [6, 6.07) is 9.33. The van der Waals surface area contributed by atoms with Gasteiger partial charge in [0, 0.05) is 25.4 Å². The lowest BCUT2D eigenvalue weighted by atomic mass is 9.84. The van der Waals surface area contributed by atoms with Crippen LogP contribution in [-0.2, 0) is 9.59 Å². The number of amides is 2. The van der Waals surface area contributed by atoms with E-state index in [4.69, 9.17) is 4.74 Å². The Kier molecular flexibility index (Phi) is 4.64. The lowest BCUT2D eigenvalue weighted by Gasteiger charge is -2.33. The van der Waals surface area contributed by atoms with Gasteiger partial charge in [-0.05, 0) is 37.8 Å². The summed E-state index contributed by atoms with van der Waals surface area (Å²) in [4.78, 5) is 29.6. The second-order valence-electron chi connectivity index (χ2n) is 7.46. The molecule has 1 aromatic rings. The minimum absolute atomic E-state index is 0.108. The predicted molar refractivity (Wildman–Crippen MR) is 94.1 cm³/mol. The van der Waals surface area contributed by atoms with Crippen LogP contribution in [0.15, 0.2) is 30.3 Å². The highest BCUT2D eigenvalue weighted by atomic mass is 16.5. The molecule has 2 atom stereocenters. The molecule has 5 nitrogen and oxygen atoms in total. The first kappa shape index (κ1) is 16.4. The third-order valence-corrected chi connectivity index (χ3v) is 5.75. The van der Waals surface area contributed by atoms with Gasteiger partial charge in [-0.25, -0.2) is 0 Å². The molecule has 0 N–H and O–H groups in total. The SMILES string of the molecule is O=C([C@@H]1C[C@H](Oc2ccccc2)CN1C(=O)C1CCC1)N1CCCC1. The fourth-order valence-electron chi connectivity index (χ4n) is 4.09. The Morgan fingerprint density at radius 2 is 1.68 bits per heavy atom. The van der Waals surface area contributed by atoms with Gasteiger partial charge in [0.05, 0.1) is 6.54 Å². The molecule has 2 aliphatic heterocycles. The first-order chi connectivity index (χ1) is 12.2. The van der Waals surface area contributed by atoms with Crippen LogP contribution >= 0.6 is 0 Å². The molecule has 2 heterocycles. The molecule has 4 rings (SSSR count). The van der Waals surface area contributed by atoms with E-state index < -0.39 is 0 Å². The number of nitrogens with zero attached hydrogens (tertiary/aromatic N) is 2. The number of para-hydroxylation sites is 1. The van der Waals surface area contributed by atoms with Crippen molar-refractivity contribution in [2.45, 2.75) is 50.7 Å². The van der Waals surface area contributed by atoms with Crippen LogP contribution in [0.5, 0.6) is 5.75 Å². The third-order valence-electron chi connectivity index (χ3n) is 5.75. The average Bonchev–Trinajstić information content (AvgIpc) is 3.23. The van der Waals surface area contributed by atoms with Crippen LogP contribution in [0.3, 0.4) is 0 Å². The Labute approximate surface area is 148 Å². The van der Waals surface area contributed by atoms with Gasteiger partial charge in [0.25, 0.3) is 0 Å². The second-order valence-corrected chi connectivity index (χ2v) is 7.46. The number of benzene rings is 1. The van der Waals surface area contributed by atoms with Crippen LogP contribution in [0, 0.1) is 5.92 Å². The number of ether oxygens (including phenoxy) is 1. The van der Waals surface area contributed by atoms with Crippen molar-refractivity contribution in [2.75, 3.05) is 19.6 Å². The number of carbonyl (C=O) groups excluding carboxylic acids is 2. The molecule has 1 saturated carbocycles. The van der Waals surface area contributed by atoms with Crippen molar-refractivity contribution in [2.24, 2.45) is 5.92 Å². The molecular formula is C20H26N2O3. The summed E-state index contributed by atoms with van der Waals surface area (Å²) in [7, 11) is 0. The molecule has 134 valence electrons. The summed E-state index contributed by atoms with van der Waals surface area (Å²) in [6.07, 6.45) is 5.68. The Morgan fingerprint density at radius 3 is 2.32 bits per heavy atom. The number of likely N-dealkylation sites (tertiary alicyclic amines) is 2. The molecule has 3 aliphatic rings. The Morgan fingerprint density at radius 1 is 0.960 bits per heavy atom. The standard InChI is InChI=1S/C20H26N2O3/c23-19(15-7-6-8-15)22-14-17(25-16-9-2-1-3-10-16)13-18(22)20(24)21-11-4-5-12-21/h1-3,9-10,15,17-18H,4-8,11-14H2/t17-,18-/m0/s1. The summed E-state index contributed by atoms with van der Waals surface area (Å²) >= 11 is 0. The smallest absolute Gasteiger partial charge is 0.245 e. The van der Waals surface area contributed by atoms with Gasteiger partial charge in [-0.1, -0.05) is 24.6 Å². The van der Waals surface area contributed by atoms with Crippen LogP contribution in [0.25, 0.3) is 0 Å². The van der Waals surface area contributed by atoms with Crippen LogP contribution in [0.4, 0.5) is 0 Å². The van der Waals surface area contributed by atoms with E-state index in [-0.39, 0.29) is 29.9 Å². The van der Waals surface area contributed by atoms with Gasteiger partial charge in [-0.3, -0.25) is 9.59 Å². The number of carbonyl (C=O) groups is 2. The lowest BCUT2D eigenvalue weighted by Crippen LogP contribution is -2.49. The fraction of sp³-hybridized carbons (Fsp3) is 0.600. The van der Waals surface area contributed by atoms with Gasteiger partial charge >= 0.3 is 0 Å². The minimum Gasteiger partial charge on any atom is -0.488 e. The van der Waals surface area contributed by atoms with Gasteiger partial charge in [0.15, 0.2) is 0 Å². The number of hydrogen-bond acceptors (Lipinski definition) is 3. The van der Waals surface area contributed by atoms with Crippen LogP contribution < -0.4 is 4.74 Å². The quantitative estimate of drug-likeness (QED) is 0.844. The van der Waals surface area contributed by atoms with E-state index in [1.54, 1.807) is 0 Å². The van der Waals surface area contributed by atoms with E-state index >= 15 is 0 Å². The molecule has 1 aromatic carbocycles. The first-order valence-electron chi connectivity index (χ1n) is 9.53. The largest absolute Gasteiger partial charge is 0.488 e. The highest BCUT2D eigenvalue weighted by Gasteiger charge is 2.45. The summed E-state index contributed by atoms with van der Waals surface area (Å²) in [5.74, 6) is 1.19. The summed E-state index contributed by atoms with van der Waals surface area (Å²) in [5, 5.41) is 0. The van der Waals surface area contributed by atoms with Gasteiger partial charge in [-0.2, -0.15) is 0 Å². The van der Waals surface area contributed by atoms with Crippen molar-refractivity contribution in [3.05, 3.63) is 30.3 Å². The normalized spacial score (nSPS) is 26.6. The maximum atomic E-state index is 13.0. The zero-order valence-corrected chi connectivity index (χ0v) is 14.6. The predicted octanol–water partition coefficient (Wildman–Crippen LogP) is 2.46. The van der Waals surface area contributed by atoms with Crippen LogP contribution in [-0.4, -0.2) is 53.4 Å².